The van der Waals surface area contributed by atoms with Crippen LogP contribution in [0.2, 0.25) is 0 Å². The molecule has 2 heterocycles. The molecular weight excluding hydrogens is 248 g/mol. The van der Waals surface area contributed by atoms with Crippen molar-refractivity contribution in [3.63, 3.8) is 0 Å². The van der Waals surface area contributed by atoms with Crippen LogP contribution in [0, 0.1) is 0 Å². The summed E-state index contributed by atoms with van der Waals surface area (Å²) in [5, 5.41) is 3.78. The third kappa shape index (κ3) is 3.55. The largest absolute Gasteiger partial charge is 0.370 e. The summed E-state index contributed by atoms with van der Waals surface area (Å²) in [5.74, 6) is 0. The summed E-state index contributed by atoms with van der Waals surface area (Å²) in [4.78, 5) is 2.61. The molecule has 0 amide bonds. The number of hydrogen-bond acceptors (Lipinski definition) is 3. The third-order valence-corrected chi connectivity index (χ3v) is 5.61. The second-order valence-electron chi connectivity index (χ2n) is 7.19. The Morgan fingerprint density at radius 2 is 1.85 bits per heavy atom. The molecule has 3 nitrogen and oxygen atoms in total. The molecule has 2 aliphatic heterocycles. The normalized spacial score (nSPS) is 31.4. The minimum Gasteiger partial charge on any atom is -0.370 e. The van der Waals surface area contributed by atoms with E-state index in [1.54, 1.807) is 0 Å². The second-order valence-corrected chi connectivity index (χ2v) is 7.19. The van der Waals surface area contributed by atoms with Crippen LogP contribution in [-0.2, 0) is 4.74 Å². The maximum absolute atomic E-state index is 6.39. The Labute approximate surface area is 124 Å². The molecule has 3 fully saturated rings. The van der Waals surface area contributed by atoms with E-state index in [2.05, 4.69) is 17.1 Å². The number of rotatable bonds is 5. The van der Waals surface area contributed by atoms with Gasteiger partial charge in [0.1, 0.15) is 0 Å². The summed E-state index contributed by atoms with van der Waals surface area (Å²) in [7, 11) is 0. The van der Waals surface area contributed by atoms with Crippen molar-refractivity contribution in [2.75, 3.05) is 26.2 Å². The Balaban J connectivity index is 1.34. The van der Waals surface area contributed by atoms with Crippen molar-refractivity contribution in [2.45, 2.75) is 82.5 Å². The van der Waals surface area contributed by atoms with E-state index in [-0.39, 0.29) is 0 Å². The van der Waals surface area contributed by atoms with Crippen molar-refractivity contribution in [2.24, 2.45) is 0 Å². The number of nitrogens with one attached hydrogen (secondary N) is 1. The quantitative estimate of drug-likeness (QED) is 0.838. The summed E-state index contributed by atoms with van der Waals surface area (Å²) in [6.07, 6.45) is 12.4. The molecule has 0 bridgehead atoms. The highest BCUT2D eigenvalue weighted by Crippen LogP contribution is 2.43. The van der Waals surface area contributed by atoms with Gasteiger partial charge in [0.2, 0.25) is 0 Å². The lowest BCUT2D eigenvalue weighted by atomic mass is 9.98. The van der Waals surface area contributed by atoms with Crippen LogP contribution in [0.25, 0.3) is 0 Å². The highest BCUT2D eigenvalue weighted by Gasteiger charge is 2.42. The summed E-state index contributed by atoms with van der Waals surface area (Å²) in [5.41, 5.74) is 0.302. The summed E-state index contributed by atoms with van der Waals surface area (Å²) in [6, 6.07) is 0.729. The van der Waals surface area contributed by atoms with Gasteiger partial charge in [0, 0.05) is 12.6 Å². The van der Waals surface area contributed by atoms with Crippen LogP contribution in [0.5, 0.6) is 0 Å². The van der Waals surface area contributed by atoms with E-state index in [0.717, 1.165) is 12.6 Å². The van der Waals surface area contributed by atoms with Gasteiger partial charge in [-0.3, -0.25) is 0 Å². The molecular formula is C17H32N2O. The van der Waals surface area contributed by atoms with Gasteiger partial charge in [0.05, 0.1) is 11.7 Å². The Morgan fingerprint density at radius 1 is 1.10 bits per heavy atom. The van der Waals surface area contributed by atoms with Crippen molar-refractivity contribution in [3.05, 3.63) is 0 Å². The molecule has 1 aliphatic carbocycles. The average molecular weight is 280 g/mol. The van der Waals surface area contributed by atoms with Crippen molar-refractivity contribution in [1.82, 2.24) is 10.2 Å². The lowest BCUT2D eigenvalue weighted by Crippen LogP contribution is -2.45. The summed E-state index contributed by atoms with van der Waals surface area (Å²) >= 11 is 0. The van der Waals surface area contributed by atoms with E-state index >= 15 is 0 Å². The molecule has 1 spiro atoms. The molecule has 20 heavy (non-hydrogen) atoms. The first-order valence-electron chi connectivity index (χ1n) is 8.93. The first-order valence-corrected chi connectivity index (χ1v) is 8.93. The van der Waals surface area contributed by atoms with Crippen LogP contribution in [0.1, 0.15) is 64.7 Å². The van der Waals surface area contributed by atoms with Crippen molar-refractivity contribution >= 4 is 0 Å². The monoisotopic (exact) mass is 280 g/mol. The van der Waals surface area contributed by atoms with Gasteiger partial charge in [-0.25, -0.2) is 0 Å². The van der Waals surface area contributed by atoms with Gasteiger partial charge in [-0.15, -0.1) is 0 Å². The van der Waals surface area contributed by atoms with Crippen LogP contribution in [0.4, 0.5) is 0 Å². The van der Waals surface area contributed by atoms with Gasteiger partial charge in [-0.2, -0.15) is 0 Å². The SMILES string of the molecule is CCCN1CCC(NCC2CCC3(CCCC3)O2)CC1. The number of likely N-dealkylation sites (tertiary alicyclic amines) is 1. The van der Waals surface area contributed by atoms with Crippen molar-refractivity contribution in [3.8, 4) is 0 Å². The average Bonchev–Trinajstić information content (AvgIpc) is 3.09. The van der Waals surface area contributed by atoms with E-state index < -0.39 is 0 Å². The Bertz CT molecular complexity index is 293. The van der Waals surface area contributed by atoms with Gasteiger partial charge in [-0.05, 0) is 64.6 Å². The van der Waals surface area contributed by atoms with E-state index in [0.29, 0.717) is 11.7 Å². The van der Waals surface area contributed by atoms with Crippen LogP contribution in [-0.4, -0.2) is 48.8 Å². The Morgan fingerprint density at radius 3 is 2.55 bits per heavy atom. The fourth-order valence-corrected chi connectivity index (χ4v) is 4.40. The van der Waals surface area contributed by atoms with Crippen molar-refractivity contribution < 1.29 is 4.74 Å². The zero-order valence-electron chi connectivity index (χ0n) is 13.2. The zero-order valence-corrected chi connectivity index (χ0v) is 13.2. The summed E-state index contributed by atoms with van der Waals surface area (Å²) in [6.45, 7) is 7.20. The van der Waals surface area contributed by atoms with Gasteiger partial charge >= 0.3 is 0 Å². The van der Waals surface area contributed by atoms with Gasteiger partial charge in [0.15, 0.2) is 0 Å². The lowest BCUT2D eigenvalue weighted by molar-refractivity contribution is -0.0364. The molecule has 1 unspecified atom stereocenters. The second kappa shape index (κ2) is 6.76. The minimum absolute atomic E-state index is 0.302. The minimum atomic E-state index is 0.302. The smallest absolute Gasteiger partial charge is 0.0708 e. The molecule has 1 N–H and O–H groups in total. The molecule has 0 radical (unpaired) electrons. The zero-order chi connectivity index (χ0) is 13.8. The molecule has 2 saturated heterocycles. The van der Waals surface area contributed by atoms with E-state index in [9.17, 15) is 0 Å². The van der Waals surface area contributed by atoms with Crippen LogP contribution < -0.4 is 5.32 Å². The first-order chi connectivity index (χ1) is 9.80. The number of hydrogen-bond donors (Lipinski definition) is 1. The van der Waals surface area contributed by atoms with E-state index in [1.807, 2.05) is 0 Å². The van der Waals surface area contributed by atoms with Crippen LogP contribution >= 0.6 is 0 Å². The lowest BCUT2D eigenvalue weighted by Gasteiger charge is -2.33. The fraction of sp³-hybridized carbons (Fsp3) is 1.00. The van der Waals surface area contributed by atoms with Crippen molar-refractivity contribution in [1.29, 1.82) is 0 Å². The molecule has 3 heteroatoms. The molecule has 3 aliphatic rings. The number of piperidine rings is 1. The molecule has 116 valence electrons. The fourth-order valence-electron chi connectivity index (χ4n) is 4.40. The maximum Gasteiger partial charge on any atom is 0.0708 e. The van der Waals surface area contributed by atoms with E-state index in [4.69, 9.17) is 4.74 Å². The summed E-state index contributed by atoms with van der Waals surface area (Å²) < 4.78 is 6.39. The highest BCUT2D eigenvalue weighted by molar-refractivity contribution is 4.93. The maximum atomic E-state index is 6.39. The predicted molar refractivity (Wildman–Crippen MR) is 83.1 cm³/mol. The first kappa shape index (κ1) is 14.8. The third-order valence-electron chi connectivity index (χ3n) is 5.61. The Hall–Kier alpha value is -0.120. The van der Waals surface area contributed by atoms with Gasteiger partial charge in [-0.1, -0.05) is 19.8 Å². The molecule has 0 aromatic carbocycles. The topological polar surface area (TPSA) is 24.5 Å². The predicted octanol–water partition coefficient (Wildman–Crippen LogP) is 2.94. The van der Waals surface area contributed by atoms with E-state index in [1.165, 1.54) is 77.4 Å². The molecule has 1 atom stereocenters. The molecule has 0 aromatic heterocycles. The molecule has 1 saturated carbocycles. The molecule has 3 rings (SSSR count). The Kier molecular flexibility index (Phi) is 5.00. The standard InChI is InChI=1S/C17H32N2O/c1-2-11-19-12-6-15(7-13-19)18-14-16-5-10-17(20-16)8-3-4-9-17/h15-16,18H,2-14H2,1H3. The van der Waals surface area contributed by atoms with Crippen LogP contribution in [0.3, 0.4) is 0 Å². The van der Waals surface area contributed by atoms with Crippen LogP contribution in [0.15, 0.2) is 0 Å². The highest BCUT2D eigenvalue weighted by atomic mass is 16.5. The van der Waals surface area contributed by atoms with Gasteiger partial charge in [0.25, 0.3) is 0 Å². The van der Waals surface area contributed by atoms with Gasteiger partial charge < -0.3 is 15.0 Å². The molecule has 0 aromatic rings. The number of nitrogens with zero attached hydrogens (tertiary/aromatic N) is 1. The number of ether oxygens (including phenoxy) is 1.